The Hall–Kier alpha value is -3.83. The van der Waals surface area contributed by atoms with Crippen LogP contribution in [0.3, 0.4) is 0 Å². The lowest BCUT2D eigenvalue weighted by atomic mass is 9.90. The van der Waals surface area contributed by atoms with Gasteiger partial charge in [-0.05, 0) is 29.0 Å². The molecule has 0 saturated carbocycles. The monoisotopic (exact) mass is 398 g/mol. The van der Waals surface area contributed by atoms with E-state index in [4.69, 9.17) is 9.15 Å². The predicted octanol–water partition coefficient (Wildman–Crippen LogP) is 4.56. The summed E-state index contributed by atoms with van der Waals surface area (Å²) in [5.74, 6) is 0.377. The quantitative estimate of drug-likeness (QED) is 0.529. The summed E-state index contributed by atoms with van der Waals surface area (Å²) in [4.78, 5) is 12.2. The molecule has 1 aromatic heterocycles. The van der Waals surface area contributed by atoms with Gasteiger partial charge in [-0.1, -0.05) is 54.6 Å². The Morgan fingerprint density at radius 1 is 0.900 bits per heavy atom. The smallest absolute Gasteiger partial charge is 0.227 e. The number of hydrogen-bond acceptors (Lipinski definition) is 5. The maximum Gasteiger partial charge on any atom is 0.227 e. The molecule has 1 aliphatic rings. The first-order valence-electron chi connectivity index (χ1n) is 9.58. The van der Waals surface area contributed by atoms with Crippen LogP contribution >= 0.6 is 0 Å². The number of aliphatic hydroxyl groups is 1. The summed E-state index contributed by atoms with van der Waals surface area (Å²) in [7, 11) is 0. The van der Waals surface area contributed by atoms with Crippen molar-refractivity contribution in [3.05, 3.63) is 112 Å². The number of aliphatic hydroxyl groups excluding tert-OH is 1. The van der Waals surface area contributed by atoms with Crippen molar-refractivity contribution in [2.75, 3.05) is 0 Å². The highest BCUT2D eigenvalue weighted by Crippen LogP contribution is 2.43. The number of ether oxygens (including phenoxy) is 1. The molecule has 4 aromatic rings. The number of rotatable bonds is 3. The minimum Gasteiger partial charge on any atom is -0.502 e. The fourth-order valence-corrected chi connectivity index (χ4v) is 3.78. The molecule has 0 radical (unpaired) electrons. The molecule has 0 spiro atoms. The summed E-state index contributed by atoms with van der Waals surface area (Å²) < 4.78 is 11.8. The van der Waals surface area contributed by atoms with Crippen molar-refractivity contribution in [1.29, 1.82) is 0 Å². The standard InChI is InChI=1S/C25H18O5/c26-14-18-12-21(27)24(28)25(29-18)20-13-23(30-22-8-4-3-7-19(20)22)17-10-9-15-5-1-2-6-16(15)11-17/h1-13,20,26,28H,14H2. The van der Waals surface area contributed by atoms with E-state index in [9.17, 15) is 15.0 Å². The van der Waals surface area contributed by atoms with Crippen LogP contribution in [0.4, 0.5) is 0 Å². The van der Waals surface area contributed by atoms with Crippen LogP contribution in [0.1, 0.15) is 28.6 Å². The second-order valence-electron chi connectivity index (χ2n) is 7.16. The molecule has 5 heteroatoms. The van der Waals surface area contributed by atoms with Crippen LogP contribution in [0.2, 0.25) is 0 Å². The molecule has 148 valence electrons. The van der Waals surface area contributed by atoms with Gasteiger partial charge in [0.25, 0.3) is 0 Å². The number of aromatic hydroxyl groups is 1. The van der Waals surface area contributed by atoms with Gasteiger partial charge in [0.1, 0.15) is 23.9 Å². The highest BCUT2D eigenvalue weighted by atomic mass is 16.5. The molecule has 5 nitrogen and oxygen atoms in total. The first-order valence-corrected chi connectivity index (χ1v) is 9.58. The van der Waals surface area contributed by atoms with Gasteiger partial charge in [-0.2, -0.15) is 0 Å². The summed E-state index contributed by atoms with van der Waals surface area (Å²) in [6, 6.07) is 22.6. The van der Waals surface area contributed by atoms with Gasteiger partial charge in [0.05, 0.1) is 5.92 Å². The SMILES string of the molecule is O=c1cc(CO)oc(C2C=C(c3ccc4ccccc4c3)Oc3ccccc32)c1O. The second-order valence-corrected chi connectivity index (χ2v) is 7.16. The highest BCUT2D eigenvalue weighted by Gasteiger charge is 2.29. The molecule has 5 rings (SSSR count). The summed E-state index contributed by atoms with van der Waals surface area (Å²) in [6.07, 6.45) is 1.82. The van der Waals surface area contributed by atoms with E-state index in [0.717, 1.165) is 28.0 Å². The van der Waals surface area contributed by atoms with Gasteiger partial charge in [0, 0.05) is 17.2 Å². The molecule has 0 saturated heterocycles. The Labute approximate surface area is 172 Å². The Morgan fingerprint density at radius 3 is 2.50 bits per heavy atom. The lowest BCUT2D eigenvalue weighted by Gasteiger charge is -2.25. The summed E-state index contributed by atoms with van der Waals surface area (Å²) in [5.41, 5.74) is 1.04. The zero-order valence-corrected chi connectivity index (χ0v) is 15.9. The normalized spacial score (nSPS) is 15.4. The van der Waals surface area contributed by atoms with Gasteiger partial charge in [-0.25, -0.2) is 0 Å². The van der Waals surface area contributed by atoms with Crippen molar-refractivity contribution in [2.45, 2.75) is 12.5 Å². The van der Waals surface area contributed by atoms with Gasteiger partial charge < -0.3 is 19.4 Å². The minimum absolute atomic E-state index is 0.0839. The average Bonchev–Trinajstić information content (AvgIpc) is 2.79. The van der Waals surface area contributed by atoms with Gasteiger partial charge in [-0.3, -0.25) is 4.79 Å². The number of para-hydroxylation sites is 1. The molecule has 2 N–H and O–H groups in total. The number of fused-ring (bicyclic) bond motifs is 2. The summed E-state index contributed by atoms with van der Waals surface area (Å²) in [6.45, 7) is -0.436. The molecule has 1 unspecified atom stereocenters. The summed E-state index contributed by atoms with van der Waals surface area (Å²) >= 11 is 0. The van der Waals surface area contributed by atoms with E-state index in [1.165, 1.54) is 0 Å². The maximum absolute atomic E-state index is 12.2. The van der Waals surface area contributed by atoms with Crippen LogP contribution in [-0.2, 0) is 6.61 Å². The second kappa shape index (κ2) is 7.21. The largest absolute Gasteiger partial charge is 0.502 e. The zero-order chi connectivity index (χ0) is 20.7. The Morgan fingerprint density at radius 2 is 1.67 bits per heavy atom. The van der Waals surface area contributed by atoms with Gasteiger partial charge in [0.2, 0.25) is 11.2 Å². The summed E-state index contributed by atoms with van der Waals surface area (Å²) in [5, 5.41) is 22.1. The highest BCUT2D eigenvalue weighted by molar-refractivity contribution is 5.86. The van der Waals surface area contributed by atoms with Crippen molar-refractivity contribution in [1.82, 2.24) is 0 Å². The third-order valence-electron chi connectivity index (χ3n) is 5.26. The third-order valence-corrected chi connectivity index (χ3v) is 5.26. The first kappa shape index (κ1) is 18.2. The molecule has 1 atom stereocenters. The third kappa shape index (κ3) is 3.06. The van der Waals surface area contributed by atoms with Crippen molar-refractivity contribution in [3.63, 3.8) is 0 Å². The molecule has 0 amide bonds. The van der Waals surface area contributed by atoms with E-state index >= 15 is 0 Å². The molecule has 30 heavy (non-hydrogen) atoms. The van der Waals surface area contributed by atoms with Crippen molar-refractivity contribution < 1.29 is 19.4 Å². The van der Waals surface area contributed by atoms with E-state index in [1.807, 2.05) is 72.8 Å². The predicted molar refractivity (Wildman–Crippen MR) is 113 cm³/mol. The van der Waals surface area contributed by atoms with Crippen LogP contribution in [0.15, 0.2) is 88.1 Å². The Bertz CT molecular complexity index is 1350. The Balaban J connectivity index is 1.70. The lowest BCUT2D eigenvalue weighted by Crippen LogP contribution is -2.13. The van der Waals surface area contributed by atoms with E-state index in [-0.39, 0.29) is 11.5 Å². The van der Waals surface area contributed by atoms with Crippen molar-refractivity contribution in [3.8, 4) is 11.5 Å². The molecule has 3 aromatic carbocycles. The molecule has 0 fully saturated rings. The van der Waals surface area contributed by atoms with E-state index in [2.05, 4.69) is 0 Å². The topological polar surface area (TPSA) is 79.9 Å². The van der Waals surface area contributed by atoms with Crippen LogP contribution in [0, 0.1) is 0 Å². The molecular weight excluding hydrogens is 380 g/mol. The van der Waals surface area contributed by atoms with Gasteiger partial charge in [0.15, 0.2) is 5.76 Å². The van der Waals surface area contributed by atoms with E-state index < -0.39 is 23.7 Å². The van der Waals surface area contributed by atoms with Crippen LogP contribution < -0.4 is 10.2 Å². The van der Waals surface area contributed by atoms with Gasteiger partial charge >= 0.3 is 0 Å². The number of allylic oxidation sites excluding steroid dienone is 1. The van der Waals surface area contributed by atoms with Crippen LogP contribution in [-0.4, -0.2) is 10.2 Å². The maximum atomic E-state index is 12.2. The molecule has 0 bridgehead atoms. The van der Waals surface area contributed by atoms with Crippen molar-refractivity contribution in [2.24, 2.45) is 0 Å². The van der Waals surface area contributed by atoms with Crippen molar-refractivity contribution >= 4 is 16.5 Å². The minimum atomic E-state index is -0.593. The average molecular weight is 398 g/mol. The van der Waals surface area contributed by atoms with Crippen LogP contribution in [0.25, 0.3) is 16.5 Å². The fourth-order valence-electron chi connectivity index (χ4n) is 3.78. The van der Waals surface area contributed by atoms with Crippen LogP contribution in [0.5, 0.6) is 11.5 Å². The fraction of sp³-hybridized carbons (Fsp3) is 0.0800. The van der Waals surface area contributed by atoms with Gasteiger partial charge in [-0.15, -0.1) is 0 Å². The molecule has 1 aliphatic heterocycles. The number of benzene rings is 3. The zero-order valence-electron chi connectivity index (χ0n) is 15.9. The first-order chi connectivity index (χ1) is 14.6. The number of hydrogen-bond donors (Lipinski definition) is 2. The molecular formula is C25H18O5. The molecule has 2 heterocycles. The van der Waals surface area contributed by atoms with E-state index in [1.54, 1.807) is 0 Å². The Kier molecular flexibility index (Phi) is 4.38. The van der Waals surface area contributed by atoms with E-state index in [0.29, 0.717) is 11.5 Å². The molecule has 0 aliphatic carbocycles. The lowest BCUT2D eigenvalue weighted by molar-refractivity contribution is 0.234.